The molecule has 0 bridgehead atoms. The maximum absolute atomic E-state index is 12.5. The lowest BCUT2D eigenvalue weighted by molar-refractivity contribution is 0.102. The van der Waals surface area contributed by atoms with E-state index in [1.54, 1.807) is 56.7 Å². The van der Waals surface area contributed by atoms with Crippen LogP contribution in [0.5, 0.6) is 17.2 Å². The summed E-state index contributed by atoms with van der Waals surface area (Å²) >= 11 is 0. The first kappa shape index (κ1) is 21.2. The fourth-order valence-electron chi connectivity index (χ4n) is 2.74. The normalized spacial score (nSPS) is 10.5. The third-order valence-electron chi connectivity index (χ3n) is 4.38. The van der Waals surface area contributed by atoms with E-state index in [1.165, 1.54) is 0 Å². The highest BCUT2D eigenvalue weighted by molar-refractivity contribution is 6.03. The van der Waals surface area contributed by atoms with Gasteiger partial charge in [-0.3, -0.25) is 10.1 Å². The summed E-state index contributed by atoms with van der Waals surface area (Å²) in [6.45, 7) is 2.81. The molecule has 1 heterocycles. The Bertz CT molecular complexity index is 947. The Kier molecular flexibility index (Phi) is 7.26. The number of ether oxygens (including phenoxy) is 3. The number of hydrogen-bond donors (Lipinski definition) is 1. The SMILES string of the molecule is CCCCCOc1ccc(C(=O)Nc2nnc(-c3cc(OC)cc(OC)c3)o2)cc1. The molecule has 0 aliphatic heterocycles. The molecular formula is C22H25N3O5. The van der Waals surface area contributed by atoms with Crippen molar-refractivity contribution in [1.29, 1.82) is 0 Å². The number of aromatic nitrogens is 2. The number of carbonyl (C=O) groups excluding carboxylic acids is 1. The fourth-order valence-corrected chi connectivity index (χ4v) is 2.74. The molecule has 8 nitrogen and oxygen atoms in total. The number of anilines is 1. The molecule has 0 aliphatic rings. The molecule has 0 saturated carbocycles. The zero-order valence-electron chi connectivity index (χ0n) is 17.3. The summed E-state index contributed by atoms with van der Waals surface area (Å²) in [4.78, 5) is 12.5. The van der Waals surface area contributed by atoms with E-state index >= 15 is 0 Å². The number of carbonyl (C=O) groups is 1. The first-order chi connectivity index (χ1) is 14.6. The summed E-state index contributed by atoms with van der Waals surface area (Å²) in [6, 6.07) is 12.1. The number of amides is 1. The van der Waals surface area contributed by atoms with E-state index in [0.29, 0.717) is 29.2 Å². The minimum atomic E-state index is -0.356. The van der Waals surface area contributed by atoms with E-state index in [0.717, 1.165) is 25.0 Å². The number of methoxy groups -OCH3 is 2. The molecule has 1 amide bonds. The van der Waals surface area contributed by atoms with Gasteiger partial charge in [0.2, 0.25) is 5.89 Å². The lowest BCUT2D eigenvalue weighted by atomic mass is 10.2. The molecule has 30 heavy (non-hydrogen) atoms. The number of nitrogens with one attached hydrogen (secondary N) is 1. The van der Waals surface area contributed by atoms with Crippen LogP contribution in [0.1, 0.15) is 36.5 Å². The van der Waals surface area contributed by atoms with Gasteiger partial charge in [-0.05, 0) is 42.8 Å². The van der Waals surface area contributed by atoms with Crippen molar-refractivity contribution in [3.8, 4) is 28.7 Å². The van der Waals surface area contributed by atoms with Crippen molar-refractivity contribution in [3.05, 3.63) is 48.0 Å². The summed E-state index contributed by atoms with van der Waals surface area (Å²) in [5.41, 5.74) is 1.07. The minimum absolute atomic E-state index is 0.00308. The monoisotopic (exact) mass is 411 g/mol. The van der Waals surface area contributed by atoms with Gasteiger partial charge in [0, 0.05) is 17.2 Å². The molecule has 0 aliphatic carbocycles. The Morgan fingerprint density at radius 3 is 2.30 bits per heavy atom. The van der Waals surface area contributed by atoms with Crippen molar-refractivity contribution in [2.75, 3.05) is 26.1 Å². The summed E-state index contributed by atoms with van der Waals surface area (Å²) in [5.74, 6) is 1.79. The number of benzene rings is 2. The van der Waals surface area contributed by atoms with E-state index in [-0.39, 0.29) is 17.8 Å². The maximum Gasteiger partial charge on any atom is 0.322 e. The Morgan fingerprint density at radius 1 is 0.967 bits per heavy atom. The predicted octanol–water partition coefficient (Wildman–Crippen LogP) is 4.58. The number of rotatable bonds is 10. The Morgan fingerprint density at radius 2 is 1.67 bits per heavy atom. The highest BCUT2D eigenvalue weighted by Gasteiger charge is 2.14. The van der Waals surface area contributed by atoms with E-state index in [4.69, 9.17) is 18.6 Å². The van der Waals surface area contributed by atoms with E-state index < -0.39 is 0 Å². The number of hydrogen-bond acceptors (Lipinski definition) is 7. The van der Waals surface area contributed by atoms with Crippen LogP contribution in [0.4, 0.5) is 6.01 Å². The van der Waals surface area contributed by atoms with Crippen LogP contribution >= 0.6 is 0 Å². The second-order valence-corrected chi connectivity index (χ2v) is 6.55. The smallest absolute Gasteiger partial charge is 0.322 e. The van der Waals surface area contributed by atoms with Gasteiger partial charge in [-0.25, -0.2) is 0 Å². The molecule has 0 unspecified atom stereocenters. The molecule has 3 aromatic rings. The average Bonchev–Trinajstić information content (AvgIpc) is 3.25. The van der Waals surface area contributed by atoms with E-state index in [2.05, 4.69) is 22.4 Å². The Labute approximate surface area is 175 Å². The number of unbranched alkanes of at least 4 members (excludes halogenated alkanes) is 2. The van der Waals surface area contributed by atoms with Crippen LogP contribution in [-0.4, -0.2) is 36.9 Å². The van der Waals surface area contributed by atoms with Crippen molar-refractivity contribution in [3.63, 3.8) is 0 Å². The molecule has 3 rings (SSSR count). The van der Waals surface area contributed by atoms with Crippen LogP contribution in [-0.2, 0) is 0 Å². The van der Waals surface area contributed by atoms with E-state index in [9.17, 15) is 4.79 Å². The fraction of sp³-hybridized carbons (Fsp3) is 0.318. The molecule has 1 N–H and O–H groups in total. The predicted molar refractivity (Wildman–Crippen MR) is 112 cm³/mol. The molecule has 0 radical (unpaired) electrons. The molecule has 0 saturated heterocycles. The minimum Gasteiger partial charge on any atom is -0.497 e. The lowest BCUT2D eigenvalue weighted by Gasteiger charge is -2.06. The summed E-state index contributed by atoms with van der Waals surface area (Å²) in [5, 5.41) is 10.5. The Balaban J connectivity index is 1.64. The highest BCUT2D eigenvalue weighted by atomic mass is 16.5. The van der Waals surface area contributed by atoms with Crippen LogP contribution in [0, 0.1) is 0 Å². The third-order valence-corrected chi connectivity index (χ3v) is 4.38. The van der Waals surface area contributed by atoms with Crippen molar-refractivity contribution >= 4 is 11.9 Å². The molecule has 1 aromatic heterocycles. The first-order valence-electron chi connectivity index (χ1n) is 9.74. The van der Waals surface area contributed by atoms with Gasteiger partial charge >= 0.3 is 6.01 Å². The quantitative estimate of drug-likeness (QED) is 0.488. The second kappa shape index (κ2) is 10.3. The van der Waals surface area contributed by atoms with Gasteiger partial charge in [0.1, 0.15) is 17.2 Å². The number of nitrogens with zero attached hydrogens (tertiary/aromatic N) is 2. The van der Waals surface area contributed by atoms with Crippen molar-refractivity contribution < 1.29 is 23.4 Å². The van der Waals surface area contributed by atoms with Gasteiger partial charge in [0.05, 0.1) is 20.8 Å². The summed E-state index contributed by atoms with van der Waals surface area (Å²) in [7, 11) is 3.11. The average molecular weight is 411 g/mol. The maximum atomic E-state index is 12.5. The van der Waals surface area contributed by atoms with Crippen molar-refractivity contribution in [1.82, 2.24) is 10.2 Å². The summed E-state index contributed by atoms with van der Waals surface area (Å²) < 4.78 is 21.7. The van der Waals surface area contributed by atoms with Crippen LogP contribution in [0.3, 0.4) is 0 Å². The van der Waals surface area contributed by atoms with Crippen LogP contribution < -0.4 is 19.5 Å². The topological polar surface area (TPSA) is 95.7 Å². The van der Waals surface area contributed by atoms with Gasteiger partial charge in [0.15, 0.2) is 0 Å². The molecule has 158 valence electrons. The molecule has 2 aromatic carbocycles. The lowest BCUT2D eigenvalue weighted by Crippen LogP contribution is -2.12. The van der Waals surface area contributed by atoms with Crippen molar-refractivity contribution in [2.45, 2.75) is 26.2 Å². The van der Waals surface area contributed by atoms with Gasteiger partial charge in [-0.15, -0.1) is 5.10 Å². The van der Waals surface area contributed by atoms with Gasteiger partial charge < -0.3 is 18.6 Å². The zero-order chi connectivity index (χ0) is 21.3. The van der Waals surface area contributed by atoms with E-state index in [1.807, 2.05) is 0 Å². The van der Waals surface area contributed by atoms with Gasteiger partial charge in [0.25, 0.3) is 5.91 Å². The zero-order valence-corrected chi connectivity index (χ0v) is 17.3. The molecule has 0 atom stereocenters. The van der Waals surface area contributed by atoms with Crippen molar-refractivity contribution in [2.24, 2.45) is 0 Å². The van der Waals surface area contributed by atoms with Gasteiger partial charge in [-0.2, -0.15) is 0 Å². The first-order valence-corrected chi connectivity index (χ1v) is 9.74. The van der Waals surface area contributed by atoms with Crippen LogP contribution in [0.25, 0.3) is 11.5 Å². The molecule has 0 spiro atoms. The molecule has 8 heteroatoms. The summed E-state index contributed by atoms with van der Waals surface area (Å²) in [6.07, 6.45) is 3.29. The molecular weight excluding hydrogens is 386 g/mol. The van der Waals surface area contributed by atoms with Crippen LogP contribution in [0.15, 0.2) is 46.9 Å². The molecule has 0 fully saturated rings. The largest absolute Gasteiger partial charge is 0.497 e. The Hall–Kier alpha value is -3.55. The second-order valence-electron chi connectivity index (χ2n) is 6.55. The highest BCUT2D eigenvalue weighted by Crippen LogP contribution is 2.29. The van der Waals surface area contributed by atoms with Gasteiger partial charge in [-0.1, -0.05) is 24.9 Å². The van der Waals surface area contributed by atoms with Crippen LogP contribution in [0.2, 0.25) is 0 Å². The standard InChI is InChI=1S/C22H25N3O5/c1-4-5-6-11-29-17-9-7-15(8-10-17)20(26)23-22-25-24-21(30-22)16-12-18(27-2)14-19(13-16)28-3/h7-10,12-14H,4-6,11H2,1-3H3,(H,23,25,26). The third kappa shape index (κ3) is 5.50.